The standard InChI is InChI=1S/C28H31N3O5.ClH/c29-12-6-2-5-9-23-22-11-10-19(27(30)34)13-20(22)16-31(23)28(35)26-24(33)14-21(32)15-25(26)36-17-18-7-3-1-4-8-18;/h1,3-4,7-8,10-11,13-15,23,32-33H,2,5-6,9,12,16-17,29H2,(H2,30,34);1H. The molecular weight excluding hydrogens is 494 g/mol. The van der Waals surface area contributed by atoms with Crippen LogP contribution in [0.1, 0.15) is 69.1 Å². The van der Waals surface area contributed by atoms with Gasteiger partial charge in [-0.25, -0.2) is 0 Å². The molecule has 1 unspecified atom stereocenters. The Morgan fingerprint density at radius 3 is 2.46 bits per heavy atom. The second-order valence-corrected chi connectivity index (χ2v) is 8.98. The zero-order valence-electron chi connectivity index (χ0n) is 20.4. The molecule has 0 aliphatic carbocycles. The third-order valence-corrected chi connectivity index (χ3v) is 6.46. The predicted octanol–water partition coefficient (Wildman–Crippen LogP) is 4.41. The van der Waals surface area contributed by atoms with E-state index >= 15 is 0 Å². The zero-order valence-corrected chi connectivity index (χ0v) is 21.2. The van der Waals surface area contributed by atoms with Crippen LogP contribution in [0.4, 0.5) is 0 Å². The lowest BCUT2D eigenvalue weighted by atomic mass is 9.97. The van der Waals surface area contributed by atoms with E-state index in [9.17, 15) is 19.8 Å². The number of halogens is 1. The fraction of sp³-hybridized carbons (Fsp3) is 0.286. The number of unbranched alkanes of at least 4 members (excludes halogenated alkanes) is 2. The highest BCUT2D eigenvalue weighted by molar-refractivity contribution is 6.00. The first-order valence-electron chi connectivity index (χ1n) is 12.1. The van der Waals surface area contributed by atoms with Gasteiger partial charge < -0.3 is 31.3 Å². The Labute approximate surface area is 222 Å². The number of nitrogens with two attached hydrogens (primary N) is 2. The number of phenolic OH excluding ortho intramolecular Hbond substituents is 2. The number of benzene rings is 3. The summed E-state index contributed by atoms with van der Waals surface area (Å²) in [6, 6.07) is 16.9. The van der Waals surface area contributed by atoms with Gasteiger partial charge in [-0.05, 0) is 48.2 Å². The Hall–Kier alpha value is -3.75. The minimum atomic E-state index is -0.533. The van der Waals surface area contributed by atoms with Crippen LogP contribution in [0.2, 0.25) is 0 Å². The molecule has 1 atom stereocenters. The van der Waals surface area contributed by atoms with Crippen molar-refractivity contribution < 1.29 is 24.5 Å². The normalized spacial score (nSPS) is 14.1. The van der Waals surface area contributed by atoms with E-state index < -0.39 is 11.8 Å². The molecule has 0 bridgehead atoms. The summed E-state index contributed by atoms with van der Waals surface area (Å²) in [6.07, 6.45) is 3.39. The Kier molecular flexibility index (Phi) is 9.38. The third kappa shape index (κ3) is 6.34. The van der Waals surface area contributed by atoms with Crippen molar-refractivity contribution in [2.45, 2.75) is 44.9 Å². The maximum absolute atomic E-state index is 13.9. The molecule has 8 nitrogen and oxygen atoms in total. The van der Waals surface area contributed by atoms with Crippen LogP contribution < -0.4 is 16.2 Å². The van der Waals surface area contributed by atoms with E-state index in [4.69, 9.17) is 16.2 Å². The Morgan fingerprint density at radius 2 is 1.76 bits per heavy atom. The molecule has 6 N–H and O–H groups in total. The first-order valence-corrected chi connectivity index (χ1v) is 12.1. The number of hydrogen-bond donors (Lipinski definition) is 4. The highest BCUT2D eigenvalue weighted by Gasteiger charge is 2.36. The summed E-state index contributed by atoms with van der Waals surface area (Å²) in [6.45, 7) is 1.03. The molecule has 37 heavy (non-hydrogen) atoms. The molecule has 3 aromatic rings. The van der Waals surface area contributed by atoms with Crippen molar-refractivity contribution in [1.29, 1.82) is 0 Å². The lowest BCUT2D eigenvalue weighted by Gasteiger charge is -2.27. The molecule has 0 radical (unpaired) electrons. The summed E-state index contributed by atoms with van der Waals surface area (Å²) in [5.74, 6) is -1.43. The second-order valence-electron chi connectivity index (χ2n) is 8.98. The lowest BCUT2D eigenvalue weighted by Crippen LogP contribution is -2.30. The molecule has 1 heterocycles. The Morgan fingerprint density at radius 1 is 1.00 bits per heavy atom. The van der Waals surface area contributed by atoms with Gasteiger partial charge in [0, 0.05) is 24.2 Å². The van der Waals surface area contributed by atoms with Crippen LogP contribution >= 0.6 is 12.4 Å². The molecule has 0 spiro atoms. The molecule has 1 aliphatic heterocycles. The van der Waals surface area contributed by atoms with Crippen molar-refractivity contribution >= 4 is 24.2 Å². The number of amides is 2. The summed E-state index contributed by atoms with van der Waals surface area (Å²) >= 11 is 0. The van der Waals surface area contributed by atoms with Crippen LogP contribution in [0, 0.1) is 0 Å². The molecule has 1 aliphatic rings. The minimum Gasteiger partial charge on any atom is -0.508 e. The number of phenols is 2. The molecule has 0 saturated heterocycles. The second kappa shape index (κ2) is 12.5. The summed E-state index contributed by atoms with van der Waals surface area (Å²) in [4.78, 5) is 27.3. The molecule has 0 aromatic heterocycles. The van der Waals surface area contributed by atoms with Crippen LogP contribution in [-0.2, 0) is 13.2 Å². The topological polar surface area (TPSA) is 139 Å². The molecule has 0 fully saturated rings. The number of carbonyl (C=O) groups is 2. The SMILES string of the molecule is Cl.NCCCCCC1c2ccc(C(N)=O)cc2CN1C(=O)c1c(O)cc(O)cc1OCc1ccccc1. The molecule has 196 valence electrons. The van der Waals surface area contributed by atoms with E-state index in [0.717, 1.165) is 42.0 Å². The Bertz CT molecular complexity index is 1250. The van der Waals surface area contributed by atoms with Crippen molar-refractivity contribution in [3.8, 4) is 17.2 Å². The van der Waals surface area contributed by atoms with Gasteiger partial charge in [-0.2, -0.15) is 0 Å². The number of ether oxygens (including phenoxy) is 1. The van der Waals surface area contributed by atoms with E-state index in [1.54, 1.807) is 17.0 Å². The average molecular weight is 526 g/mol. The van der Waals surface area contributed by atoms with E-state index in [1.807, 2.05) is 36.4 Å². The molecule has 4 rings (SSSR count). The van der Waals surface area contributed by atoms with Crippen LogP contribution in [0.15, 0.2) is 60.7 Å². The number of fused-ring (bicyclic) bond motifs is 1. The van der Waals surface area contributed by atoms with E-state index in [0.29, 0.717) is 18.5 Å². The van der Waals surface area contributed by atoms with Gasteiger partial charge in [-0.15, -0.1) is 12.4 Å². The van der Waals surface area contributed by atoms with Gasteiger partial charge in [0.15, 0.2) is 0 Å². The fourth-order valence-corrected chi connectivity index (χ4v) is 4.66. The maximum atomic E-state index is 13.9. The van der Waals surface area contributed by atoms with Crippen molar-refractivity contribution in [2.75, 3.05) is 6.54 Å². The monoisotopic (exact) mass is 525 g/mol. The van der Waals surface area contributed by atoms with Gasteiger partial charge in [-0.1, -0.05) is 49.2 Å². The summed E-state index contributed by atoms with van der Waals surface area (Å²) < 4.78 is 5.90. The van der Waals surface area contributed by atoms with Crippen LogP contribution in [0.3, 0.4) is 0 Å². The summed E-state index contributed by atoms with van der Waals surface area (Å²) in [5, 5.41) is 20.8. The van der Waals surface area contributed by atoms with Crippen LogP contribution in [0.5, 0.6) is 17.2 Å². The van der Waals surface area contributed by atoms with Gasteiger partial charge in [0.1, 0.15) is 29.4 Å². The number of hydrogen-bond acceptors (Lipinski definition) is 6. The zero-order chi connectivity index (χ0) is 25.7. The molecule has 9 heteroatoms. The minimum absolute atomic E-state index is 0. The van der Waals surface area contributed by atoms with Gasteiger partial charge in [-0.3, -0.25) is 9.59 Å². The molecular formula is C28H32ClN3O5. The number of aromatic hydroxyl groups is 2. The summed E-state index contributed by atoms with van der Waals surface area (Å²) in [5.41, 5.74) is 14.1. The quantitative estimate of drug-likeness (QED) is 0.289. The summed E-state index contributed by atoms with van der Waals surface area (Å²) in [7, 11) is 0. The van der Waals surface area contributed by atoms with Crippen molar-refractivity contribution in [2.24, 2.45) is 11.5 Å². The molecule has 0 saturated carbocycles. The lowest BCUT2D eigenvalue weighted by molar-refractivity contribution is 0.0672. The van der Waals surface area contributed by atoms with Crippen molar-refractivity contribution in [3.05, 3.63) is 88.5 Å². The molecule has 3 aromatic carbocycles. The maximum Gasteiger partial charge on any atom is 0.262 e. The average Bonchev–Trinajstić information content (AvgIpc) is 3.23. The largest absolute Gasteiger partial charge is 0.508 e. The van der Waals surface area contributed by atoms with Gasteiger partial charge in [0.2, 0.25) is 5.91 Å². The van der Waals surface area contributed by atoms with Crippen LogP contribution in [0.25, 0.3) is 0 Å². The number of rotatable bonds is 10. The first-order chi connectivity index (χ1) is 17.4. The van der Waals surface area contributed by atoms with Gasteiger partial charge >= 0.3 is 0 Å². The van der Waals surface area contributed by atoms with Crippen molar-refractivity contribution in [1.82, 2.24) is 4.90 Å². The number of nitrogens with zero attached hydrogens (tertiary/aromatic N) is 1. The van der Waals surface area contributed by atoms with E-state index in [1.165, 1.54) is 6.07 Å². The third-order valence-electron chi connectivity index (χ3n) is 6.46. The number of carbonyl (C=O) groups excluding carboxylic acids is 2. The predicted molar refractivity (Wildman–Crippen MR) is 143 cm³/mol. The molecule has 2 amide bonds. The first kappa shape index (κ1) is 27.8. The van der Waals surface area contributed by atoms with E-state index in [-0.39, 0.29) is 54.4 Å². The van der Waals surface area contributed by atoms with Crippen molar-refractivity contribution in [3.63, 3.8) is 0 Å². The Balaban J connectivity index is 0.00000380. The fourth-order valence-electron chi connectivity index (χ4n) is 4.66. The smallest absolute Gasteiger partial charge is 0.262 e. The van der Waals surface area contributed by atoms with Gasteiger partial charge in [0.25, 0.3) is 5.91 Å². The highest BCUT2D eigenvalue weighted by atomic mass is 35.5. The van der Waals surface area contributed by atoms with E-state index in [2.05, 4.69) is 0 Å². The number of primary amides is 1. The van der Waals surface area contributed by atoms with Crippen LogP contribution in [-0.4, -0.2) is 33.5 Å². The highest BCUT2D eigenvalue weighted by Crippen LogP contribution is 2.42. The van der Waals surface area contributed by atoms with Gasteiger partial charge in [0.05, 0.1) is 6.04 Å².